The molecule has 0 atom stereocenters. The molecule has 8 heteroatoms. The molecular formula is C24H25N3O4S. The van der Waals surface area contributed by atoms with Crippen molar-refractivity contribution in [1.29, 1.82) is 0 Å². The first-order valence-electron chi connectivity index (χ1n) is 10.00. The van der Waals surface area contributed by atoms with Gasteiger partial charge in [-0.25, -0.2) is 4.98 Å². The first-order valence-corrected chi connectivity index (χ1v) is 10.9. The number of carbonyl (C=O) groups excluding carboxylic acids is 2. The molecule has 7 nitrogen and oxygen atoms in total. The Morgan fingerprint density at radius 3 is 2.59 bits per heavy atom. The van der Waals surface area contributed by atoms with E-state index in [0.717, 1.165) is 22.7 Å². The van der Waals surface area contributed by atoms with Crippen LogP contribution in [-0.2, 0) is 16.0 Å². The Morgan fingerprint density at radius 1 is 1.12 bits per heavy atom. The molecule has 166 valence electrons. The second kappa shape index (κ2) is 11.1. The normalized spacial score (nSPS) is 10.7. The summed E-state index contributed by atoms with van der Waals surface area (Å²) in [6.07, 6.45) is 3.67. The molecule has 3 aromatic rings. The van der Waals surface area contributed by atoms with E-state index in [-0.39, 0.29) is 11.8 Å². The molecule has 2 amide bonds. The summed E-state index contributed by atoms with van der Waals surface area (Å²) in [7, 11) is 3.22. The van der Waals surface area contributed by atoms with Crippen LogP contribution in [0.2, 0.25) is 0 Å². The zero-order valence-electron chi connectivity index (χ0n) is 18.2. The minimum Gasteiger partial charge on any atom is -0.497 e. The molecule has 0 bridgehead atoms. The van der Waals surface area contributed by atoms with Crippen molar-refractivity contribution in [1.82, 2.24) is 10.3 Å². The lowest BCUT2D eigenvalue weighted by Crippen LogP contribution is -2.23. The quantitative estimate of drug-likeness (QED) is 0.493. The van der Waals surface area contributed by atoms with Crippen molar-refractivity contribution >= 4 is 40.0 Å². The number of anilines is 2. The second-order valence-corrected chi connectivity index (χ2v) is 7.63. The van der Waals surface area contributed by atoms with Crippen molar-refractivity contribution in [3.05, 3.63) is 71.2 Å². The molecule has 0 radical (unpaired) electrons. The Bertz CT molecular complexity index is 1100. The highest BCUT2D eigenvalue weighted by atomic mass is 32.1. The summed E-state index contributed by atoms with van der Waals surface area (Å²) in [5.41, 5.74) is 2.30. The number of methoxy groups -OCH3 is 2. The van der Waals surface area contributed by atoms with Crippen LogP contribution in [0.5, 0.6) is 11.5 Å². The number of nitrogens with zero attached hydrogens (tertiary/aromatic N) is 2. The highest BCUT2D eigenvalue weighted by molar-refractivity contribution is 7.14. The smallest absolute Gasteiger partial charge is 0.244 e. The number of hydrogen-bond donors (Lipinski definition) is 1. The van der Waals surface area contributed by atoms with E-state index < -0.39 is 0 Å². The van der Waals surface area contributed by atoms with Gasteiger partial charge in [0.2, 0.25) is 11.8 Å². The van der Waals surface area contributed by atoms with Gasteiger partial charge in [0.05, 0.1) is 25.6 Å². The molecule has 0 fully saturated rings. The van der Waals surface area contributed by atoms with Gasteiger partial charge in [-0.05, 0) is 48.4 Å². The van der Waals surface area contributed by atoms with Crippen LogP contribution in [0.25, 0.3) is 6.08 Å². The predicted octanol–water partition coefficient (Wildman–Crippen LogP) is 4.22. The van der Waals surface area contributed by atoms with Crippen molar-refractivity contribution < 1.29 is 19.1 Å². The average molecular weight is 452 g/mol. The van der Waals surface area contributed by atoms with Crippen molar-refractivity contribution in [3.63, 3.8) is 0 Å². The zero-order valence-corrected chi connectivity index (χ0v) is 19.0. The number of carbonyl (C=O) groups is 2. The third-order valence-electron chi connectivity index (χ3n) is 4.62. The van der Waals surface area contributed by atoms with E-state index in [1.165, 1.54) is 24.3 Å². The topological polar surface area (TPSA) is 80.8 Å². The average Bonchev–Trinajstić information content (AvgIpc) is 3.26. The third-order valence-corrected chi connectivity index (χ3v) is 5.46. The van der Waals surface area contributed by atoms with Crippen molar-refractivity contribution in [3.8, 4) is 11.5 Å². The Kier molecular flexibility index (Phi) is 7.99. The maximum absolute atomic E-state index is 12.2. The molecule has 0 saturated carbocycles. The molecular weight excluding hydrogens is 426 g/mol. The number of para-hydroxylation sites is 1. The van der Waals surface area contributed by atoms with E-state index in [0.29, 0.717) is 23.8 Å². The lowest BCUT2D eigenvalue weighted by Gasteiger charge is -2.17. The van der Waals surface area contributed by atoms with Crippen LogP contribution in [0.1, 0.15) is 18.2 Å². The summed E-state index contributed by atoms with van der Waals surface area (Å²) in [6.45, 7) is 1.94. The molecule has 0 spiro atoms. The van der Waals surface area contributed by atoms with E-state index in [9.17, 15) is 9.59 Å². The summed E-state index contributed by atoms with van der Waals surface area (Å²) >= 11 is 1.34. The largest absolute Gasteiger partial charge is 0.497 e. The number of amides is 2. The number of hydrogen-bond acceptors (Lipinski definition) is 6. The third kappa shape index (κ3) is 5.95. The number of rotatable bonds is 9. The van der Waals surface area contributed by atoms with Gasteiger partial charge < -0.3 is 14.8 Å². The minimum atomic E-state index is -0.229. The van der Waals surface area contributed by atoms with E-state index in [2.05, 4.69) is 10.3 Å². The number of aromatic nitrogens is 1. The molecule has 0 aliphatic heterocycles. The summed E-state index contributed by atoms with van der Waals surface area (Å²) in [5.74, 6) is 1.13. The van der Waals surface area contributed by atoms with Gasteiger partial charge in [-0.3, -0.25) is 14.5 Å². The van der Waals surface area contributed by atoms with Gasteiger partial charge in [0.15, 0.2) is 5.13 Å². The fourth-order valence-electron chi connectivity index (χ4n) is 3.08. The second-order valence-electron chi connectivity index (χ2n) is 6.80. The monoisotopic (exact) mass is 451 g/mol. The standard InChI is InChI=1S/C24H25N3O4S/c1-17(28)27(20-7-5-4-6-8-20)24-26-19(16-32-24)9-12-23(29)25-14-13-18-15-21(30-2)10-11-22(18)31-3/h4-12,15-16H,13-14H2,1-3H3,(H,25,29)/b12-9+. The molecule has 0 saturated heterocycles. The summed E-state index contributed by atoms with van der Waals surface area (Å²) in [4.78, 5) is 30.4. The van der Waals surface area contributed by atoms with Crippen LogP contribution in [0.15, 0.2) is 60.0 Å². The van der Waals surface area contributed by atoms with Crippen molar-refractivity contribution in [2.45, 2.75) is 13.3 Å². The van der Waals surface area contributed by atoms with E-state index in [1.54, 1.807) is 30.6 Å². The number of benzene rings is 2. The molecule has 32 heavy (non-hydrogen) atoms. The van der Waals surface area contributed by atoms with Gasteiger partial charge in [-0.15, -0.1) is 11.3 Å². The first-order chi connectivity index (χ1) is 15.5. The highest BCUT2D eigenvalue weighted by Crippen LogP contribution is 2.29. The molecule has 0 aliphatic carbocycles. The molecule has 1 heterocycles. The van der Waals surface area contributed by atoms with Crippen LogP contribution in [0, 0.1) is 0 Å². The van der Waals surface area contributed by atoms with Crippen LogP contribution in [0.3, 0.4) is 0 Å². The predicted molar refractivity (Wildman–Crippen MR) is 127 cm³/mol. The van der Waals surface area contributed by atoms with Gasteiger partial charge >= 0.3 is 0 Å². The summed E-state index contributed by atoms with van der Waals surface area (Å²) in [5, 5.41) is 5.21. The number of ether oxygens (including phenoxy) is 2. The Balaban J connectivity index is 1.59. The molecule has 0 unspecified atom stereocenters. The minimum absolute atomic E-state index is 0.133. The first kappa shape index (κ1) is 23.0. The SMILES string of the molecule is COc1ccc(OC)c(CCNC(=O)/C=C/c2csc(N(C(C)=O)c3ccccc3)n2)c1. The van der Waals surface area contributed by atoms with E-state index >= 15 is 0 Å². The van der Waals surface area contributed by atoms with Gasteiger partial charge in [-0.2, -0.15) is 0 Å². The Hall–Kier alpha value is -3.65. The molecule has 2 aromatic carbocycles. The van der Waals surface area contributed by atoms with E-state index in [1.807, 2.05) is 48.5 Å². The van der Waals surface area contributed by atoms with Crippen LogP contribution in [-0.4, -0.2) is 37.6 Å². The molecule has 1 N–H and O–H groups in total. The van der Waals surface area contributed by atoms with Gasteiger partial charge in [0, 0.05) is 24.9 Å². The Morgan fingerprint density at radius 2 is 1.91 bits per heavy atom. The fourth-order valence-corrected chi connectivity index (χ4v) is 3.93. The zero-order chi connectivity index (χ0) is 22.9. The lowest BCUT2D eigenvalue weighted by atomic mass is 10.1. The van der Waals surface area contributed by atoms with Crippen molar-refractivity contribution in [2.24, 2.45) is 0 Å². The molecule has 3 rings (SSSR count). The van der Waals surface area contributed by atoms with E-state index in [4.69, 9.17) is 9.47 Å². The van der Waals surface area contributed by atoms with Gasteiger partial charge in [-0.1, -0.05) is 18.2 Å². The van der Waals surface area contributed by atoms with Gasteiger partial charge in [0.25, 0.3) is 0 Å². The summed E-state index contributed by atoms with van der Waals surface area (Å²) < 4.78 is 10.6. The lowest BCUT2D eigenvalue weighted by molar-refractivity contribution is -0.117. The van der Waals surface area contributed by atoms with Crippen molar-refractivity contribution in [2.75, 3.05) is 25.7 Å². The number of thiazole rings is 1. The number of nitrogens with one attached hydrogen (secondary N) is 1. The van der Waals surface area contributed by atoms with Crippen LogP contribution >= 0.6 is 11.3 Å². The molecule has 1 aromatic heterocycles. The summed E-state index contributed by atoms with van der Waals surface area (Å²) in [6, 6.07) is 14.9. The fraction of sp³-hybridized carbons (Fsp3) is 0.208. The maximum atomic E-state index is 12.2. The van der Waals surface area contributed by atoms with Gasteiger partial charge in [0.1, 0.15) is 11.5 Å². The maximum Gasteiger partial charge on any atom is 0.244 e. The van der Waals surface area contributed by atoms with Crippen LogP contribution in [0.4, 0.5) is 10.8 Å². The Labute approximate surface area is 191 Å². The highest BCUT2D eigenvalue weighted by Gasteiger charge is 2.17. The van der Waals surface area contributed by atoms with Crippen LogP contribution < -0.4 is 19.7 Å². The molecule has 0 aliphatic rings.